The van der Waals surface area contributed by atoms with Crippen LogP contribution in [0.4, 0.5) is 14.5 Å². The molecule has 0 radical (unpaired) electrons. The first-order valence-electron chi connectivity index (χ1n) is 9.20. The monoisotopic (exact) mass is 409 g/mol. The molecule has 2 N–H and O–H groups in total. The Labute approximate surface area is 173 Å². The third-order valence-electron chi connectivity index (χ3n) is 4.58. The molecule has 30 heavy (non-hydrogen) atoms. The minimum atomic E-state index is -0.981. The lowest BCUT2D eigenvalue weighted by Crippen LogP contribution is -2.29. The summed E-state index contributed by atoms with van der Waals surface area (Å²) < 4.78 is 32.2. The normalized spacial score (nSPS) is 11.4. The fourth-order valence-corrected chi connectivity index (χ4v) is 3.05. The van der Waals surface area contributed by atoms with Crippen molar-refractivity contribution in [1.29, 1.82) is 0 Å². The van der Waals surface area contributed by atoms with Gasteiger partial charge in [-0.25, -0.2) is 14.6 Å². The summed E-state index contributed by atoms with van der Waals surface area (Å²) in [4.78, 5) is 15.2. The maximum atomic E-state index is 13.7. The highest BCUT2D eigenvalue weighted by atomic mass is 19.2. The molecule has 0 aliphatic carbocycles. The minimum absolute atomic E-state index is 0.299. The van der Waals surface area contributed by atoms with Gasteiger partial charge in [-0.3, -0.25) is 14.8 Å². The smallest absolute Gasteiger partial charge is 0.160 e. The van der Waals surface area contributed by atoms with Crippen LogP contribution in [0.1, 0.15) is 27.0 Å². The number of pyridine rings is 1. The first-order chi connectivity index (χ1) is 14.5. The fourth-order valence-electron chi connectivity index (χ4n) is 3.05. The number of rotatable bonds is 8. The van der Waals surface area contributed by atoms with Gasteiger partial charge in [0.15, 0.2) is 11.6 Å². The van der Waals surface area contributed by atoms with Gasteiger partial charge in [0.05, 0.1) is 18.0 Å². The van der Waals surface area contributed by atoms with Crippen LogP contribution in [0.15, 0.2) is 67.0 Å². The second-order valence-electron chi connectivity index (χ2n) is 6.58. The minimum Gasteiger partial charge on any atom is -0.380 e. The quantitative estimate of drug-likeness (QED) is 0.342. The van der Waals surface area contributed by atoms with Crippen LogP contribution in [0.5, 0.6) is 0 Å². The van der Waals surface area contributed by atoms with Crippen molar-refractivity contribution in [3.63, 3.8) is 0 Å². The van der Waals surface area contributed by atoms with Gasteiger partial charge >= 0.3 is 0 Å². The average molecular weight is 409 g/mol. The number of hydrazine groups is 1. The molecule has 0 unspecified atom stereocenters. The number of halogens is 2. The topological polar surface area (TPSA) is 68.4 Å². The van der Waals surface area contributed by atoms with E-state index in [4.69, 9.17) is 10.6 Å². The molecular weight excluding hydrogens is 388 g/mol. The zero-order valence-electron chi connectivity index (χ0n) is 16.4. The molecule has 1 aromatic heterocycles. The number of carbonyl (C=O) groups excluding carboxylic acids is 1. The standard InChI is InChI=1S/C23H21F2N3O2/c1-30-15-19-12-16(2-4-18(19)14-29)3-7-23(17-8-10-27-11-9-17)28(26)20-5-6-21(24)22(25)13-20/h2,4-14H,3,15,26H2,1H3/b23-7-. The zero-order valence-corrected chi connectivity index (χ0v) is 16.4. The maximum absolute atomic E-state index is 13.7. The molecule has 3 rings (SSSR count). The molecule has 3 aromatic rings. The van der Waals surface area contributed by atoms with E-state index in [2.05, 4.69) is 4.98 Å². The number of nitrogens with zero attached hydrogens (tertiary/aromatic N) is 2. The molecule has 0 atom stereocenters. The van der Waals surface area contributed by atoms with Crippen LogP contribution in [-0.2, 0) is 17.8 Å². The predicted octanol–water partition coefficient (Wildman–Crippen LogP) is 4.28. The first kappa shape index (κ1) is 21.3. The lowest BCUT2D eigenvalue weighted by molar-refractivity contribution is 0.111. The lowest BCUT2D eigenvalue weighted by atomic mass is 10.0. The Hall–Kier alpha value is -3.42. The molecule has 2 aromatic carbocycles. The Morgan fingerprint density at radius 3 is 2.53 bits per heavy atom. The number of methoxy groups -OCH3 is 1. The van der Waals surface area contributed by atoms with Crippen LogP contribution in [-0.4, -0.2) is 18.4 Å². The van der Waals surface area contributed by atoms with Crippen molar-refractivity contribution in [2.75, 3.05) is 12.1 Å². The molecule has 0 aliphatic rings. The van der Waals surface area contributed by atoms with Crippen molar-refractivity contribution in [2.24, 2.45) is 5.84 Å². The third-order valence-corrected chi connectivity index (χ3v) is 4.58. The zero-order chi connectivity index (χ0) is 21.5. The molecule has 0 bridgehead atoms. The van der Waals surface area contributed by atoms with Crippen molar-refractivity contribution >= 4 is 17.7 Å². The van der Waals surface area contributed by atoms with Crippen molar-refractivity contribution in [3.8, 4) is 0 Å². The van der Waals surface area contributed by atoms with E-state index in [-0.39, 0.29) is 0 Å². The number of nitrogens with two attached hydrogens (primary N) is 1. The Kier molecular flexibility index (Phi) is 7.00. The molecule has 0 amide bonds. The number of allylic oxidation sites excluding steroid dienone is 1. The summed E-state index contributed by atoms with van der Waals surface area (Å²) >= 11 is 0. The van der Waals surface area contributed by atoms with Crippen LogP contribution in [0.25, 0.3) is 5.70 Å². The highest BCUT2D eigenvalue weighted by Crippen LogP contribution is 2.25. The highest BCUT2D eigenvalue weighted by molar-refractivity contribution is 5.79. The molecule has 5 nitrogen and oxygen atoms in total. The van der Waals surface area contributed by atoms with E-state index in [1.807, 2.05) is 18.2 Å². The summed E-state index contributed by atoms with van der Waals surface area (Å²) in [7, 11) is 1.57. The number of aldehydes is 1. The molecular formula is C23H21F2N3O2. The van der Waals surface area contributed by atoms with Gasteiger partial charge in [0, 0.05) is 36.7 Å². The Morgan fingerprint density at radius 1 is 1.10 bits per heavy atom. The summed E-state index contributed by atoms with van der Waals surface area (Å²) in [5.74, 6) is 4.34. The Balaban J connectivity index is 1.97. The van der Waals surface area contributed by atoms with E-state index in [1.54, 1.807) is 37.7 Å². The van der Waals surface area contributed by atoms with Crippen LogP contribution in [0.3, 0.4) is 0 Å². The van der Waals surface area contributed by atoms with Crippen molar-refractivity contribution in [3.05, 3.63) is 101 Å². The number of hydrogen-bond acceptors (Lipinski definition) is 5. The van der Waals surface area contributed by atoms with Crippen molar-refractivity contribution < 1.29 is 18.3 Å². The summed E-state index contributed by atoms with van der Waals surface area (Å²) in [5, 5.41) is 1.30. The molecule has 1 heterocycles. The van der Waals surface area contributed by atoms with Crippen molar-refractivity contribution in [2.45, 2.75) is 13.0 Å². The highest BCUT2D eigenvalue weighted by Gasteiger charge is 2.13. The molecule has 154 valence electrons. The van der Waals surface area contributed by atoms with E-state index in [9.17, 15) is 13.6 Å². The number of carbonyl (C=O) groups is 1. The van der Waals surface area contributed by atoms with Crippen LogP contribution in [0.2, 0.25) is 0 Å². The van der Waals surface area contributed by atoms with Gasteiger partial charge in [0.25, 0.3) is 0 Å². The largest absolute Gasteiger partial charge is 0.380 e. The third kappa shape index (κ3) is 4.94. The van der Waals surface area contributed by atoms with Gasteiger partial charge in [-0.05, 0) is 41.8 Å². The number of aromatic nitrogens is 1. The average Bonchev–Trinajstić information content (AvgIpc) is 2.77. The van der Waals surface area contributed by atoms with E-state index in [0.717, 1.165) is 35.1 Å². The fraction of sp³-hybridized carbons (Fsp3) is 0.130. The summed E-state index contributed by atoms with van der Waals surface area (Å²) in [6.07, 6.45) is 6.41. The second kappa shape index (κ2) is 9.87. The van der Waals surface area contributed by atoms with Crippen molar-refractivity contribution in [1.82, 2.24) is 4.98 Å². The summed E-state index contributed by atoms with van der Waals surface area (Å²) in [6, 6.07) is 12.5. The second-order valence-corrected chi connectivity index (χ2v) is 6.58. The molecule has 0 saturated heterocycles. The molecule has 0 spiro atoms. The molecule has 0 fully saturated rings. The van der Waals surface area contributed by atoms with Crippen LogP contribution < -0.4 is 10.9 Å². The van der Waals surface area contributed by atoms with E-state index in [1.165, 1.54) is 11.1 Å². The van der Waals surface area contributed by atoms with Gasteiger partial charge in [0.2, 0.25) is 0 Å². The SMILES string of the molecule is COCc1cc(C/C=C(/c2ccncc2)N(N)c2ccc(F)c(F)c2)ccc1C=O. The summed E-state index contributed by atoms with van der Waals surface area (Å²) in [6.45, 7) is 0.320. The first-order valence-corrected chi connectivity index (χ1v) is 9.20. The number of anilines is 1. The Morgan fingerprint density at radius 2 is 1.87 bits per heavy atom. The maximum Gasteiger partial charge on any atom is 0.160 e. The van der Waals surface area contributed by atoms with Gasteiger partial charge in [-0.15, -0.1) is 0 Å². The van der Waals surface area contributed by atoms with E-state index < -0.39 is 11.6 Å². The van der Waals surface area contributed by atoms with Gasteiger partial charge in [-0.2, -0.15) is 0 Å². The van der Waals surface area contributed by atoms with Crippen LogP contribution in [0, 0.1) is 11.6 Å². The van der Waals surface area contributed by atoms with E-state index >= 15 is 0 Å². The molecule has 0 aliphatic heterocycles. The number of benzene rings is 2. The van der Waals surface area contributed by atoms with E-state index in [0.29, 0.717) is 30.0 Å². The van der Waals surface area contributed by atoms with Crippen LogP contribution >= 0.6 is 0 Å². The predicted molar refractivity (Wildman–Crippen MR) is 111 cm³/mol. The lowest BCUT2D eigenvalue weighted by Gasteiger charge is -2.23. The Bertz CT molecular complexity index is 1060. The molecule has 0 saturated carbocycles. The van der Waals surface area contributed by atoms with Gasteiger partial charge in [0.1, 0.15) is 6.29 Å². The summed E-state index contributed by atoms with van der Waals surface area (Å²) in [5.41, 5.74) is 3.96. The van der Waals surface area contributed by atoms with Gasteiger partial charge in [-0.1, -0.05) is 24.3 Å². The number of hydrogen-bond donors (Lipinski definition) is 1. The van der Waals surface area contributed by atoms with Gasteiger partial charge < -0.3 is 4.74 Å². The number of ether oxygens (including phenoxy) is 1. The molecule has 7 heteroatoms.